The third-order valence-electron chi connectivity index (χ3n) is 6.16. The molecule has 190 valence electrons. The molecule has 7 nitrogen and oxygen atoms in total. The van der Waals surface area contributed by atoms with Crippen LogP contribution in [0.15, 0.2) is 66.9 Å². The lowest BCUT2D eigenvalue weighted by Crippen LogP contribution is -2.37. The number of phenolic OH excluding ortho intramolecular Hbond substituents is 1. The Kier molecular flexibility index (Phi) is 5.82. The second-order valence-electron chi connectivity index (χ2n) is 8.71. The minimum atomic E-state index is -4.52. The topological polar surface area (TPSA) is 99.6 Å². The zero-order chi connectivity index (χ0) is 26.5. The first-order chi connectivity index (χ1) is 17.4. The van der Waals surface area contributed by atoms with Gasteiger partial charge in [-0.15, -0.1) is 0 Å². The molecule has 0 bridgehead atoms. The molecule has 3 aromatic carbocycles. The lowest BCUT2D eigenvalue weighted by molar-refractivity contribution is -0.136. The first-order valence-corrected chi connectivity index (χ1v) is 13.0. The van der Waals surface area contributed by atoms with Gasteiger partial charge in [0.1, 0.15) is 5.75 Å². The second kappa shape index (κ2) is 8.77. The van der Waals surface area contributed by atoms with E-state index >= 15 is 0 Å². The fourth-order valence-electron chi connectivity index (χ4n) is 4.53. The van der Waals surface area contributed by atoms with Crippen molar-refractivity contribution >= 4 is 38.2 Å². The number of benzene rings is 3. The van der Waals surface area contributed by atoms with Crippen molar-refractivity contribution in [2.24, 2.45) is 0 Å². The van der Waals surface area contributed by atoms with Gasteiger partial charge >= 0.3 is 6.18 Å². The van der Waals surface area contributed by atoms with Gasteiger partial charge in [-0.3, -0.25) is 14.5 Å². The molecule has 0 spiro atoms. The van der Waals surface area contributed by atoms with Crippen molar-refractivity contribution in [3.05, 3.63) is 83.6 Å². The van der Waals surface area contributed by atoms with Gasteiger partial charge in [0, 0.05) is 34.9 Å². The van der Waals surface area contributed by atoms with E-state index in [1.165, 1.54) is 47.5 Å². The molecule has 2 heterocycles. The molecular weight excluding hydrogens is 507 g/mol. The van der Waals surface area contributed by atoms with Crippen LogP contribution in [0.25, 0.3) is 22.0 Å². The van der Waals surface area contributed by atoms with E-state index in [1.807, 2.05) is 0 Å². The maximum atomic E-state index is 13.5. The van der Waals surface area contributed by atoms with Gasteiger partial charge in [0.05, 0.1) is 23.0 Å². The van der Waals surface area contributed by atoms with Gasteiger partial charge in [0.25, 0.3) is 5.91 Å². The molecule has 0 atom stereocenters. The predicted molar refractivity (Wildman–Crippen MR) is 134 cm³/mol. The monoisotopic (exact) mass is 527 g/mol. The number of fused-ring (bicyclic) bond motifs is 2. The van der Waals surface area contributed by atoms with Gasteiger partial charge in [-0.2, -0.15) is 13.2 Å². The Morgan fingerprint density at radius 2 is 1.78 bits per heavy atom. The van der Waals surface area contributed by atoms with E-state index in [4.69, 9.17) is 0 Å². The Hall–Kier alpha value is -4.12. The van der Waals surface area contributed by atoms with Crippen LogP contribution >= 0.6 is 0 Å². The molecule has 11 heteroatoms. The van der Waals surface area contributed by atoms with Gasteiger partial charge in [0.2, 0.25) is 10.0 Å². The molecule has 0 unspecified atom stereocenters. The van der Waals surface area contributed by atoms with Crippen molar-refractivity contribution in [1.82, 2.24) is 4.98 Å². The normalized spacial score (nSPS) is 14.1. The summed E-state index contributed by atoms with van der Waals surface area (Å²) in [5, 5.41) is 10.00. The van der Waals surface area contributed by atoms with Crippen molar-refractivity contribution in [3.63, 3.8) is 0 Å². The Morgan fingerprint density at radius 3 is 2.51 bits per heavy atom. The zero-order valence-electron chi connectivity index (χ0n) is 19.4. The first kappa shape index (κ1) is 24.6. The van der Waals surface area contributed by atoms with Crippen molar-refractivity contribution in [3.8, 4) is 16.9 Å². The van der Waals surface area contributed by atoms with E-state index in [2.05, 4.69) is 9.71 Å². The van der Waals surface area contributed by atoms with Crippen LogP contribution in [0, 0.1) is 0 Å². The number of nitrogens with zero attached hydrogens (tertiary/aromatic N) is 2. The van der Waals surface area contributed by atoms with Gasteiger partial charge in [0.15, 0.2) is 0 Å². The summed E-state index contributed by atoms with van der Waals surface area (Å²) >= 11 is 0. The summed E-state index contributed by atoms with van der Waals surface area (Å²) < 4.78 is 66.0. The number of amides is 1. The molecular formula is C26H20F3N3O4S. The van der Waals surface area contributed by atoms with E-state index in [9.17, 15) is 31.5 Å². The number of carbonyl (C=O) groups is 1. The highest BCUT2D eigenvalue weighted by Gasteiger charge is 2.33. The molecule has 5 rings (SSSR count). The number of hydrogen-bond acceptors (Lipinski definition) is 5. The quantitative estimate of drug-likeness (QED) is 0.356. The van der Waals surface area contributed by atoms with E-state index in [-0.39, 0.29) is 34.8 Å². The Morgan fingerprint density at radius 1 is 1.03 bits per heavy atom. The Labute approximate surface area is 210 Å². The molecule has 0 fully saturated rings. The van der Waals surface area contributed by atoms with Gasteiger partial charge in [-0.25, -0.2) is 8.42 Å². The van der Waals surface area contributed by atoms with Gasteiger partial charge in [-0.05, 0) is 53.9 Å². The summed E-state index contributed by atoms with van der Waals surface area (Å²) in [4.78, 5) is 19.0. The average molecular weight is 528 g/mol. The van der Waals surface area contributed by atoms with Crippen LogP contribution in [-0.2, 0) is 22.6 Å². The molecule has 1 aliphatic heterocycles. The standard InChI is InChI=1S/C26H20F3N3O4S/c1-37(35,36)31-22-14-17(5-9-23(22)33)32-12-10-16-13-15(4-6-19(16)25(32)34)18-7-8-21(26(27,28)29)20-3-2-11-30-24(18)20/h2-9,11,13-14,31,33H,10,12H2,1H3. The molecule has 0 radical (unpaired) electrons. The minimum Gasteiger partial charge on any atom is -0.506 e. The highest BCUT2D eigenvalue weighted by molar-refractivity contribution is 7.92. The third-order valence-corrected chi connectivity index (χ3v) is 6.75. The first-order valence-electron chi connectivity index (χ1n) is 11.1. The molecule has 1 aromatic heterocycles. The predicted octanol–water partition coefficient (Wildman–Crippen LogP) is 5.20. The fourth-order valence-corrected chi connectivity index (χ4v) is 5.09. The summed E-state index contributed by atoms with van der Waals surface area (Å²) in [5.41, 5.74) is 2.13. The number of hydrogen-bond donors (Lipinski definition) is 2. The molecule has 2 N–H and O–H groups in total. The van der Waals surface area contributed by atoms with Crippen LogP contribution in [0.2, 0.25) is 0 Å². The van der Waals surface area contributed by atoms with Crippen molar-refractivity contribution < 1.29 is 31.5 Å². The SMILES string of the molecule is CS(=O)(=O)Nc1cc(N2CCc3cc(-c4ccc(C(F)(F)F)c5cccnc45)ccc3C2=O)ccc1O. The highest BCUT2D eigenvalue weighted by atomic mass is 32.2. The van der Waals surface area contributed by atoms with Gasteiger partial charge in [-0.1, -0.05) is 24.3 Å². The molecule has 1 amide bonds. The lowest BCUT2D eigenvalue weighted by Gasteiger charge is -2.29. The smallest absolute Gasteiger partial charge is 0.417 e. The van der Waals surface area contributed by atoms with Crippen molar-refractivity contribution in [1.29, 1.82) is 0 Å². The fraction of sp³-hybridized carbons (Fsp3) is 0.154. The van der Waals surface area contributed by atoms with E-state index in [0.29, 0.717) is 28.8 Å². The van der Waals surface area contributed by atoms with Crippen LogP contribution in [0.4, 0.5) is 24.5 Å². The molecule has 0 saturated carbocycles. The maximum absolute atomic E-state index is 13.5. The zero-order valence-corrected chi connectivity index (χ0v) is 20.2. The summed E-state index contributed by atoms with van der Waals surface area (Å²) in [7, 11) is -3.65. The number of nitrogens with one attached hydrogen (secondary N) is 1. The number of sulfonamides is 1. The van der Waals surface area contributed by atoms with E-state index in [1.54, 1.807) is 18.2 Å². The number of aromatic hydroxyl groups is 1. The number of rotatable bonds is 4. The number of anilines is 2. The molecule has 1 aliphatic rings. The molecule has 4 aromatic rings. The van der Waals surface area contributed by atoms with Crippen LogP contribution in [0.1, 0.15) is 21.5 Å². The highest BCUT2D eigenvalue weighted by Crippen LogP contribution is 2.39. The Balaban J connectivity index is 1.51. The average Bonchev–Trinajstić information content (AvgIpc) is 2.83. The van der Waals surface area contributed by atoms with Crippen LogP contribution in [0.3, 0.4) is 0 Å². The van der Waals surface area contributed by atoms with Gasteiger partial charge < -0.3 is 10.0 Å². The number of pyridine rings is 1. The molecule has 37 heavy (non-hydrogen) atoms. The van der Waals surface area contributed by atoms with Crippen molar-refractivity contribution in [2.45, 2.75) is 12.6 Å². The third kappa shape index (κ3) is 4.69. The summed E-state index contributed by atoms with van der Waals surface area (Å²) in [6.07, 6.45) is -1.67. The Bertz CT molecular complexity index is 1670. The number of halogens is 3. The van der Waals surface area contributed by atoms with Crippen molar-refractivity contribution in [2.75, 3.05) is 22.4 Å². The largest absolute Gasteiger partial charge is 0.506 e. The van der Waals surface area contributed by atoms with Crippen LogP contribution < -0.4 is 9.62 Å². The van der Waals surface area contributed by atoms with E-state index < -0.39 is 21.8 Å². The number of aromatic nitrogens is 1. The molecule has 0 saturated heterocycles. The summed E-state index contributed by atoms with van der Waals surface area (Å²) in [6.45, 7) is 0.282. The number of alkyl halides is 3. The lowest BCUT2D eigenvalue weighted by atomic mass is 9.92. The summed E-state index contributed by atoms with van der Waals surface area (Å²) in [5.74, 6) is -0.597. The van der Waals surface area contributed by atoms with Crippen LogP contribution in [-0.4, -0.2) is 37.2 Å². The second-order valence-corrected chi connectivity index (χ2v) is 10.5. The molecule has 0 aliphatic carbocycles. The van der Waals surface area contributed by atoms with E-state index in [0.717, 1.165) is 17.9 Å². The van der Waals surface area contributed by atoms with Crippen LogP contribution in [0.5, 0.6) is 5.75 Å². The number of carbonyl (C=O) groups excluding carboxylic acids is 1. The number of phenols is 1. The minimum absolute atomic E-state index is 0.00157. The maximum Gasteiger partial charge on any atom is 0.417 e. The summed E-state index contributed by atoms with van der Waals surface area (Å²) in [6, 6.07) is 14.6.